The molecule has 1 aromatic carbocycles. The first-order valence-electron chi connectivity index (χ1n) is 7.36. The van der Waals surface area contributed by atoms with Crippen LogP contribution < -0.4 is 10.1 Å². The molecule has 2 atom stereocenters. The number of amides is 2. The number of nitrogens with zero attached hydrogens (tertiary/aromatic N) is 1. The molecular formula is C16H22N2O4. The number of carbonyl (C=O) groups excluding carboxylic acids is 2. The maximum Gasteiger partial charge on any atom is 0.225 e. The molecular weight excluding hydrogens is 284 g/mol. The Bertz CT molecular complexity index is 529. The number of aliphatic hydroxyl groups excluding tert-OH is 1. The number of ether oxygens (including phenoxy) is 1. The first-order chi connectivity index (χ1) is 10.6. The lowest BCUT2D eigenvalue weighted by Crippen LogP contribution is -2.46. The lowest BCUT2D eigenvalue weighted by molar-refractivity contribution is -0.141. The monoisotopic (exact) mass is 306 g/mol. The number of hydrogen-bond donors (Lipinski definition) is 2. The van der Waals surface area contributed by atoms with Gasteiger partial charge in [0, 0.05) is 20.0 Å². The number of rotatable bonds is 5. The van der Waals surface area contributed by atoms with Gasteiger partial charge in [-0.05, 0) is 24.1 Å². The molecule has 2 amide bonds. The number of piperidine rings is 1. The molecule has 1 heterocycles. The van der Waals surface area contributed by atoms with Gasteiger partial charge in [-0.1, -0.05) is 12.1 Å². The van der Waals surface area contributed by atoms with E-state index in [1.165, 1.54) is 0 Å². The molecule has 0 aromatic heterocycles. The summed E-state index contributed by atoms with van der Waals surface area (Å²) in [5, 5.41) is 11.6. The summed E-state index contributed by atoms with van der Waals surface area (Å²) in [6.07, 6.45) is 0.873. The van der Waals surface area contributed by atoms with Crippen LogP contribution in [0.5, 0.6) is 5.75 Å². The molecule has 2 N–H and O–H groups in total. The molecule has 22 heavy (non-hydrogen) atoms. The fourth-order valence-corrected chi connectivity index (χ4v) is 2.88. The summed E-state index contributed by atoms with van der Waals surface area (Å²) in [5.74, 6) is 0.318. The molecule has 1 aliphatic heterocycles. The van der Waals surface area contributed by atoms with E-state index in [9.17, 15) is 9.59 Å². The van der Waals surface area contributed by atoms with Crippen LogP contribution in [-0.4, -0.2) is 49.1 Å². The fraction of sp³-hybridized carbons (Fsp3) is 0.500. The Morgan fingerprint density at radius 1 is 1.41 bits per heavy atom. The van der Waals surface area contributed by atoms with Crippen LogP contribution in [0.2, 0.25) is 0 Å². The van der Waals surface area contributed by atoms with Crippen molar-refractivity contribution in [2.45, 2.75) is 18.9 Å². The van der Waals surface area contributed by atoms with Crippen molar-refractivity contribution in [3.05, 3.63) is 29.8 Å². The Hall–Kier alpha value is -2.08. The van der Waals surface area contributed by atoms with E-state index in [0.717, 1.165) is 11.3 Å². The second kappa shape index (κ2) is 7.26. The molecule has 6 nitrogen and oxygen atoms in total. The molecule has 0 radical (unpaired) electrons. The van der Waals surface area contributed by atoms with E-state index in [-0.39, 0.29) is 36.9 Å². The minimum Gasteiger partial charge on any atom is -0.497 e. The zero-order chi connectivity index (χ0) is 16.1. The predicted octanol–water partition coefficient (Wildman–Crippen LogP) is 0.713. The second-order valence-electron chi connectivity index (χ2n) is 5.38. The van der Waals surface area contributed by atoms with Crippen molar-refractivity contribution in [3.8, 4) is 5.75 Å². The van der Waals surface area contributed by atoms with Gasteiger partial charge in [0.15, 0.2) is 0 Å². The standard InChI is InChI=1S/C16H22N2O4/c1-18-14(20)8-7-13(16(21)17-9-10-19)15(18)11-3-5-12(22-2)6-4-11/h3-6,13,15,19H,7-10H2,1-2H3,(H,17,21)/t13-,15+/m1/s1. The summed E-state index contributed by atoms with van der Waals surface area (Å²) in [7, 11) is 3.32. The van der Waals surface area contributed by atoms with E-state index < -0.39 is 0 Å². The summed E-state index contributed by atoms with van der Waals surface area (Å²) in [6.45, 7) is 0.128. The molecule has 1 fully saturated rings. The molecule has 0 aliphatic carbocycles. The van der Waals surface area contributed by atoms with Gasteiger partial charge in [0.1, 0.15) is 5.75 Å². The minimum atomic E-state index is -0.317. The quantitative estimate of drug-likeness (QED) is 0.840. The normalized spacial score (nSPS) is 21.6. The summed E-state index contributed by atoms with van der Waals surface area (Å²) in [6, 6.07) is 7.11. The molecule has 1 aromatic rings. The zero-order valence-corrected chi connectivity index (χ0v) is 12.9. The fourth-order valence-electron chi connectivity index (χ4n) is 2.88. The van der Waals surface area contributed by atoms with Gasteiger partial charge in [-0.2, -0.15) is 0 Å². The molecule has 0 spiro atoms. The molecule has 0 bridgehead atoms. The van der Waals surface area contributed by atoms with Crippen molar-refractivity contribution in [2.24, 2.45) is 5.92 Å². The number of aliphatic hydroxyl groups is 1. The molecule has 1 aliphatic rings. The van der Waals surface area contributed by atoms with Crippen LogP contribution in [0.25, 0.3) is 0 Å². The molecule has 120 valence electrons. The first kappa shape index (κ1) is 16.3. The molecule has 1 saturated heterocycles. The highest BCUT2D eigenvalue weighted by Crippen LogP contribution is 2.36. The Kier molecular flexibility index (Phi) is 5.38. The Morgan fingerprint density at radius 3 is 2.68 bits per heavy atom. The van der Waals surface area contributed by atoms with Crippen molar-refractivity contribution >= 4 is 11.8 Å². The lowest BCUT2D eigenvalue weighted by atomic mass is 9.84. The zero-order valence-electron chi connectivity index (χ0n) is 12.9. The van der Waals surface area contributed by atoms with Crippen LogP contribution in [0.15, 0.2) is 24.3 Å². The van der Waals surface area contributed by atoms with Crippen LogP contribution in [0.4, 0.5) is 0 Å². The van der Waals surface area contributed by atoms with Gasteiger partial charge in [-0.15, -0.1) is 0 Å². The molecule has 6 heteroatoms. The molecule has 0 unspecified atom stereocenters. The summed E-state index contributed by atoms with van der Waals surface area (Å²) in [4.78, 5) is 26.0. The van der Waals surface area contributed by atoms with Gasteiger partial charge in [0.05, 0.1) is 25.7 Å². The lowest BCUT2D eigenvalue weighted by Gasteiger charge is -2.38. The van der Waals surface area contributed by atoms with E-state index in [1.807, 2.05) is 24.3 Å². The average molecular weight is 306 g/mol. The molecule has 2 rings (SSSR count). The van der Waals surface area contributed by atoms with Crippen LogP contribution in [0.1, 0.15) is 24.4 Å². The highest BCUT2D eigenvalue weighted by molar-refractivity contribution is 5.84. The van der Waals surface area contributed by atoms with E-state index in [2.05, 4.69) is 5.32 Å². The number of benzene rings is 1. The van der Waals surface area contributed by atoms with Gasteiger partial charge in [-0.25, -0.2) is 0 Å². The van der Waals surface area contributed by atoms with Crippen LogP contribution in [0.3, 0.4) is 0 Å². The van der Waals surface area contributed by atoms with Crippen LogP contribution in [0, 0.1) is 5.92 Å². The van der Waals surface area contributed by atoms with Crippen molar-refractivity contribution < 1.29 is 19.4 Å². The van der Waals surface area contributed by atoms with E-state index in [1.54, 1.807) is 19.1 Å². The summed E-state index contributed by atoms with van der Waals surface area (Å²) >= 11 is 0. The number of likely N-dealkylation sites (tertiary alicyclic amines) is 1. The largest absolute Gasteiger partial charge is 0.497 e. The van der Waals surface area contributed by atoms with Crippen molar-refractivity contribution in [2.75, 3.05) is 27.3 Å². The van der Waals surface area contributed by atoms with Crippen molar-refractivity contribution in [3.63, 3.8) is 0 Å². The van der Waals surface area contributed by atoms with Gasteiger partial charge in [0.25, 0.3) is 0 Å². The van der Waals surface area contributed by atoms with Crippen molar-refractivity contribution in [1.82, 2.24) is 10.2 Å². The number of nitrogens with one attached hydrogen (secondary N) is 1. The van der Waals surface area contributed by atoms with Crippen LogP contribution in [-0.2, 0) is 9.59 Å². The Morgan fingerprint density at radius 2 is 2.09 bits per heavy atom. The van der Waals surface area contributed by atoms with Crippen LogP contribution >= 0.6 is 0 Å². The predicted molar refractivity (Wildman–Crippen MR) is 81.3 cm³/mol. The third kappa shape index (κ3) is 3.39. The minimum absolute atomic E-state index is 0.0343. The van der Waals surface area contributed by atoms with E-state index in [4.69, 9.17) is 9.84 Å². The highest BCUT2D eigenvalue weighted by Gasteiger charge is 2.38. The van der Waals surface area contributed by atoms with E-state index >= 15 is 0 Å². The van der Waals surface area contributed by atoms with Gasteiger partial charge in [0.2, 0.25) is 11.8 Å². The SMILES string of the molecule is COc1ccc([C@H]2[C@H](C(=O)NCCO)CCC(=O)N2C)cc1. The maximum absolute atomic E-state index is 12.3. The van der Waals surface area contributed by atoms with Gasteiger partial charge >= 0.3 is 0 Å². The Labute approximate surface area is 130 Å². The second-order valence-corrected chi connectivity index (χ2v) is 5.38. The number of methoxy groups -OCH3 is 1. The maximum atomic E-state index is 12.3. The molecule has 0 saturated carbocycles. The Balaban J connectivity index is 2.26. The average Bonchev–Trinajstić information content (AvgIpc) is 2.55. The third-order valence-electron chi connectivity index (χ3n) is 4.07. The summed E-state index contributed by atoms with van der Waals surface area (Å²) in [5.41, 5.74) is 0.903. The smallest absolute Gasteiger partial charge is 0.225 e. The highest BCUT2D eigenvalue weighted by atomic mass is 16.5. The van der Waals surface area contributed by atoms with Gasteiger partial charge in [-0.3, -0.25) is 9.59 Å². The van der Waals surface area contributed by atoms with Crippen molar-refractivity contribution in [1.29, 1.82) is 0 Å². The number of hydrogen-bond acceptors (Lipinski definition) is 4. The topological polar surface area (TPSA) is 78.9 Å². The third-order valence-corrected chi connectivity index (χ3v) is 4.07. The van der Waals surface area contributed by atoms with Gasteiger partial charge < -0.3 is 20.1 Å². The van der Waals surface area contributed by atoms with E-state index in [0.29, 0.717) is 12.8 Å². The summed E-state index contributed by atoms with van der Waals surface area (Å²) < 4.78 is 5.14. The number of carbonyl (C=O) groups is 2. The first-order valence-corrected chi connectivity index (χ1v) is 7.36.